The summed E-state index contributed by atoms with van der Waals surface area (Å²) in [6.45, 7) is 2.16. The van der Waals surface area contributed by atoms with E-state index in [0.717, 1.165) is 32.1 Å². The molecule has 6 heteroatoms. The van der Waals surface area contributed by atoms with Crippen LogP contribution in [0, 0.1) is 5.92 Å². The maximum Gasteiger partial charge on any atom is 0.251 e. The predicted molar refractivity (Wildman–Crippen MR) is 88.7 cm³/mol. The fourth-order valence-electron chi connectivity index (χ4n) is 3.08. The van der Waals surface area contributed by atoms with E-state index in [4.69, 9.17) is 0 Å². The maximum absolute atomic E-state index is 12.4. The first-order valence-electron chi connectivity index (χ1n) is 8.39. The Morgan fingerprint density at radius 3 is 2.57 bits per heavy atom. The van der Waals surface area contributed by atoms with Gasteiger partial charge < -0.3 is 5.32 Å². The van der Waals surface area contributed by atoms with Crippen molar-refractivity contribution in [2.24, 2.45) is 5.92 Å². The lowest BCUT2D eigenvalue weighted by atomic mass is 9.86. The first-order valence-corrected chi connectivity index (χ1v) is 9.87. The van der Waals surface area contributed by atoms with E-state index in [1.807, 2.05) is 0 Å². The molecular formula is C17H24N2O3S. The second kappa shape index (κ2) is 6.61. The molecule has 0 heterocycles. The number of nitrogens with one attached hydrogen (secondary N) is 2. The van der Waals surface area contributed by atoms with Crippen molar-refractivity contribution in [3.63, 3.8) is 0 Å². The molecule has 0 spiro atoms. The van der Waals surface area contributed by atoms with Gasteiger partial charge in [-0.3, -0.25) is 4.79 Å². The highest BCUT2D eigenvalue weighted by Crippen LogP contribution is 2.25. The molecule has 0 saturated heterocycles. The molecule has 1 aromatic rings. The number of carbonyl (C=O) groups excluding carboxylic acids is 1. The Labute approximate surface area is 137 Å². The number of amides is 1. The monoisotopic (exact) mass is 336 g/mol. The van der Waals surface area contributed by atoms with Crippen LogP contribution in [0.25, 0.3) is 0 Å². The SMILES string of the molecule is C[C@H]1CCCC[C@@H]1NC(=O)c1cccc(S(=O)(=O)NC2CC2)c1. The quantitative estimate of drug-likeness (QED) is 0.867. The molecule has 1 amide bonds. The van der Waals surface area contributed by atoms with E-state index in [9.17, 15) is 13.2 Å². The molecule has 5 nitrogen and oxygen atoms in total. The van der Waals surface area contributed by atoms with Crippen LogP contribution in [-0.2, 0) is 10.0 Å². The highest BCUT2D eigenvalue weighted by molar-refractivity contribution is 7.89. The van der Waals surface area contributed by atoms with Crippen molar-refractivity contribution < 1.29 is 13.2 Å². The number of carbonyl (C=O) groups is 1. The lowest BCUT2D eigenvalue weighted by Gasteiger charge is -2.29. The summed E-state index contributed by atoms with van der Waals surface area (Å²) in [5, 5.41) is 3.06. The van der Waals surface area contributed by atoms with Gasteiger partial charge in [0.15, 0.2) is 0 Å². The highest BCUT2D eigenvalue weighted by Gasteiger charge is 2.28. The van der Waals surface area contributed by atoms with Gasteiger partial charge in [-0.05, 0) is 49.8 Å². The van der Waals surface area contributed by atoms with Crippen LogP contribution in [0.15, 0.2) is 29.2 Å². The van der Waals surface area contributed by atoms with Crippen LogP contribution >= 0.6 is 0 Å². The van der Waals surface area contributed by atoms with Crippen LogP contribution in [0.5, 0.6) is 0 Å². The minimum absolute atomic E-state index is 0.0561. The average Bonchev–Trinajstić information content (AvgIpc) is 3.33. The maximum atomic E-state index is 12.4. The standard InChI is InChI=1S/C17H24N2O3S/c1-12-5-2-3-8-16(12)18-17(20)13-6-4-7-15(11-13)23(21,22)19-14-9-10-14/h4,6-7,11-12,14,16,19H,2-3,5,8-10H2,1H3,(H,18,20)/t12-,16-/m0/s1. The first-order chi connectivity index (χ1) is 11.0. The van der Waals surface area contributed by atoms with Crippen molar-refractivity contribution in [1.82, 2.24) is 10.0 Å². The molecule has 2 aliphatic carbocycles. The van der Waals surface area contributed by atoms with E-state index in [0.29, 0.717) is 11.5 Å². The van der Waals surface area contributed by atoms with Crippen molar-refractivity contribution in [3.8, 4) is 0 Å². The van der Waals surface area contributed by atoms with Crippen LogP contribution in [0.3, 0.4) is 0 Å². The second-order valence-corrected chi connectivity index (χ2v) is 8.48. The lowest BCUT2D eigenvalue weighted by molar-refractivity contribution is 0.0910. The van der Waals surface area contributed by atoms with Crippen LogP contribution in [0.2, 0.25) is 0 Å². The fourth-order valence-corrected chi connectivity index (χ4v) is 4.43. The summed E-state index contributed by atoms with van der Waals surface area (Å²) >= 11 is 0. The smallest absolute Gasteiger partial charge is 0.251 e. The van der Waals surface area contributed by atoms with Crippen molar-refractivity contribution in [2.75, 3.05) is 0 Å². The molecule has 3 rings (SSSR count). The van der Waals surface area contributed by atoms with Gasteiger partial charge in [-0.15, -0.1) is 0 Å². The molecule has 0 aromatic heterocycles. The van der Waals surface area contributed by atoms with Gasteiger partial charge in [0.25, 0.3) is 5.91 Å². The molecule has 0 radical (unpaired) electrons. The zero-order chi connectivity index (χ0) is 16.4. The van der Waals surface area contributed by atoms with E-state index >= 15 is 0 Å². The average molecular weight is 336 g/mol. The zero-order valence-corrected chi connectivity index (χ0v) is 14.2. The summed E-state index contributed by atoms with van der Waals surface area (Å²) in [7, 11) is -3.53. The van der Waals surface area contributed by atoms with E-state index in [1.165, 1.54) is 18.6 Å². The highest BCUT2D eigenvalue weighted by atomic mass is 32.2. The van der Waals surface area contributed by atoms with Crippen molar-refractivity contribution >= 4 is 15.9 Å². The van der Waals surface area contributed by atoms with Crippen molar-refractivity contribution in [2.45, 2.75) is 62.4 Å². The molecule has 0 aliphatic heterocycles. The van der Waals surface area contributed by atoms with Crippen LogP contribution in [0.1, 0.15) is 55.8 Å². The lowest BCUT2D eigenvalue weighted by Crippen LogP contribution is -2.41. The Bertz CT molecular complexity index is 683. The molecule has 2 fully saturated rings. The Balaban J connectivity index is 1.72. The van der Waals surface area contributed by atoms with E-state index in [1.54, 1.807) is 12.1 Å². The number of rotatable bonds is 5. The first kappa shape index (κ1) is 16.5. The molecule has 23 heavy (non-hydrogen) atoms. The number of hydrogen-bond donors (Lipinski definition) is 2. The minimum Gasteiger partial charge on any atom is -0.349 e. The fraction of sp³-hybridized carbons (Fsp3) is 0.588. The van der Waals surface area contributed by atoms with Gasteiger partial charge in [-0.1, -0.05) is 25.8 Å². The van der Waals surface area contributed by atoms with Crippen molar-refractivity contribution in [1.29, 1.82) is 0 Å². The summed E-state index contributed by atoms with van der Waals surface area (Å²) in [5.41, 5.74) is 0.404. The van der Waals surface area contributed by atoms with Crippen LogP contribution < -0.4 is 10.0 Å². The molecule has 1 aromatic carbocycles. The third kappa shape index (κ3) is 4.12. The summed E-state index contributed by atoms with van der Waals surface area (Å²) in [5.74, 6) is 0.281. The molecule has 0 unspecified atom stereocenters. The minimum atomic E-state index is -3.53. The van der Waals surface area contributed by atoms with Gasteiger partial charge >= 0.3 is 0 Å². The van der Waals surface area contributed by atoms with Gasteiger partial charge in [0.05, 0.1) is 4.90 Å². The van der Waals surface area contributed by atoms with Gasteiger partial charge in [0.2, 0.25) is 10.0 Å². The molecule has 126 valence electrons. The number of hydrogen-bond acceptors (Lipinski definition) is 3. The Morgan fingerprint density at radius 1 is 1.13 bits per heavy atom. The Hall–Kier alpha value is -1.40. The summed E-state index contributed by atoms with van der Waals surface area (Å²) in [6, 6.07) is 6.53. The molecular weight excluding hydrogens is 312 g/mol. The molecule has 2 aliphatic rings. The summed E-state index contributed by atoms with van der Waals surface area (Å²) < 4.78 is 27.2. The number of benzene rings is 1. The third-order valence-corrected chi connectivity index (χ3v) is 6.25. The number of sulfonamides is 1. The largest absolute Gasteiger partial charge is 0.349 e. The second-order valence-electron chi connectivity index (χ2n) is 6.77. The van der Waals surface area contributed by atoms with Crippen LogP contribution in [0.4, 0.5) is 0 Å². The topological polar surface area (TPSA) is 75.3 Å². The summed E-state index contributed by atoms with van der Waals surface area (Å²) in [4.78, 5) is 12.6. The Morgan fingerprint density at radius 2 is 1.87 bits per heavy atom. The van der Waals surface area contributed by atoms with E-state index in [2.05, 4.69) is 17.0 Å². The Kier molecular flexibility index (Phi) is 4.73. The van der Waals surface area contributed by atoms with Crippen LogP contribution in [-0.4, -0.2) is 26.4 Å². The van der Waals surface area contributed by atoms with E-state index in [-0.39, 0.29) is 22.9 Å². The molecule has 2 saturated carbocycles. The predicted octanol–water partition coefficient (Wildman–Crippen LogP) is 2.44. The molecule has 2 N–H and O–H groups in total. The molecule has 0 bridgehead atoms. The van der Waals surface area contributed by atoms with Gasteiger partial charge in [-0.25, -0.2) is 13.1 Å². The molecule has 2 atom stereocenters. The third-order valence-electron chi connectivity index (χ3n) is 4.73. The van der Waals surface area contributed by atoms with Crippen molar-refractivity contribution in [3.05, 3.63) is 29.8 Å². The normalized spacial score (nSPS) is 25.1. The summed E-state index contributed by atoms with van der Waals surface area (Å²) in [6.07, 6.45) is 6.25. The van der Waals surface area contributed by atoms with E-state index < -0.39 is 10.0 Å². The zero-order valence-electron chi connectivity index (χ0n) is 13.4. The van der Waals surface area contributed by atoms with Gasteiger partial charge in [0, 0.05) is 17.6 Å². The van der Waals surface area contributed by atoms with Gasteiger partial charge in [0.1, 0.15) is 0 Å². The van der Waals surface area contributed by atoms with Gasteiger partial charge in [-0.2, -0.15) is 0 Å².